The van der Waals surface area contributed by atoms with E-state index in [1.807, 2.05) is 25.1 Å². The van der Waals surface area contributed by atoms with Crippen LogP contribution in [0.15, 0.2) is 35.4 Å². The second kappa shape index (κ2) is 7.15. The molecule has 3 amide bonds. The lowest BCUT2D eigenvalue weighted by molar-refractivity contribution is -0.131. The quantitative estimate of drug-likeness (QED) is 0.631. The van der Waals surface area contributed by atoms with Crippen LogP contribution in [0, 0.1) is 12.8 Å². The number of hydrogen-bond donors (Lipinski definition) is 1. The van der Waals surface area contributed by atoms with E-state index in [1.54, 1.807) is 23.7 Å². The first-order valence-corrected chi connectivity index (χ1v) is 9.11. The summed E-state index contributed by atoms with van der Waals surface area (Å²) in [6.45, 7) is 8.28. The van der Waals surface area contributed by atoms with E-state index in [4.69, 9.17) is 11.6 Å². The maximum atomic E-state index is 12.9. The molecule has 1 N–H and O–H groups in total. The fourth-order valence-corrected chi connectivity index (χ4v) is 3.28. The maximum Gasteiger partial charge on any atom is 0.346 e. The van der Waals surface area contributed by atoms with Gasteiger partial charge in [-0.1, -0.05) is 55.8 Å². The summed E-state index contributed by atoms with van der Waals surface area (Å²) < 4.78 is 1.70. The van der Waals surface area contributed by atoms with Crippen molar-refractivity contribution in [1.82, 2.24) is 20.1 Å². The summed E-state index contributed by atoms with van der Waals surface area (Å²) in [6.07, 6.45) is 1.41. The number of hydrazone groups is 1. The molecule has 0 saturated carbocycles. The first-order valence-electron chi connectivity index (χ1n) is 8.73. The number of nitrogens with one attached hydrogen (secondary N) is 1. The highest BCUT2D eigenvalue weighted by Gasteiger charge is 2.49. The van der Waals surface area contributed by atoms with Gasteiger partial charge in [-0.25, -0.2) is 4.79 Å². The van der Waals surface area contributed by atoms with Gasteiger partial charge in [0.25, 0.3) is 5.91 Å². The summed E-state index contributed by atoms with van der Waals surface area (Å²) in [5, 5.41) is 12.5. The third kappa shape index (κ3) is 3.47. The van der Waals surface area contributed by atoms with E-state index < -0.39 is 17.5 Å². The van der Waals surface area contributed by atoms with Gasteiger partial charge in [-0.2, -0.15) is 10.2 Å². The van der Waals surface area contributed by atoms with Gasteiger partial charge in [0, 0.05) is 6.54 Å². The minimum Gasteiger partial charge on any atom is -0.318 e. The van der Waals surface area contributed by atoms with Crippen LogP contribution in [0.3, 0.4) is 0 Å². The van der Waals surface area contributed by atoms with Crippen LogP contribution in [-0.4, -0.2) is 32.9 Å². The number of hydrogen-bond acceptors (Lipinski definition) is 4. The molecule has 1 saturated heterocycles. The Bertz CT molecular complexity index is 906. The molecule has 8 heteroatoms. The molecule has 2 aromatic rings. The number of imide groups is 1. The Morgan fingerprint density at radius 2 is 1.96 bits per heavy atom. The molecule has 142 valence electrons. The number of carbonyl (C=O) groups excluding carboxylic acids is 2. The molecule has 1 fully saturated rings. The highest BCUT2D eigenvalue weighted by Crippen LogP contribution is 2.29. The molecule has 1 atom stereocenters. The van der Waals surface area contributed by atoms with Gasteiger partial charge in [0.15, 0.2) is 0 Å². The number of aryl methyl sites for hydroxylation is 1. The highest BCUT2D eigenvalue weighted by molar-refractivity contribution is 6.32. The number of benzene rings is 1. The second-order valence-electron chi connectivity index (χ2n) is 7.15. The first-order chi connectivity index (χ1) is 12.7. The van der Waals surface area contributed by atoms with Crippen molar-refractivity contribution in [2.75, 3.05) is 0 Å². The first kappa shape index (κ1) is 19.1. The number of carbonyl (C=O) groups is 2. The Kier molecular flexibility index (Phi) is 5.06. The zero-order valence-corrected chi connectivity index (χ0v) is 16.5. The molecule has 1 aromatic carbocycles. The van der Waals surface area contributed by atoms with Crippen LogP contribution in [-0.2, 0) is 16.9 Å². The molecule has 1 aliphatic rings. The number of halogens is 1. The van der Waals surface area contributed by atoms with Crippen molar-refractivity contribution in [2.45, 2.75) is 39.8 Å². The Balaban J connectivity index is 1.87. The third-order valence-electron chi connectivity index (χ3n) is 4.47. The van der Waals surface area contributed by atoms with E-state index in [9.17, 15) is 9.59 Å². The standard InChI is InChI=1S/C19H22ClN5O2/c1-12(2)11-24-16(20)15(13(3)23-24)10-21-25-17(26)19(4,22-18(25)27)14-8-6-5-7-9-14/h5-10,12H,11H2,1-4H3,(H,22,27)/b21-10-/t19-/m1/s1. The van der Waals surface area contributed by atoms with Gasteiger partial charge in [-0.15, -0.1) is 5.01 Å². The van der Waals surface area contributed by atoms with Crippen molar-refractivity contribution in [2.24, 2.45) is 11.0 Å². The van der Waals surface area contributed by atoms with Crippen molar-refractivity contribution in [1.29, 1.82) is 0 Å². The van der Waals surface area contributed by atoms with Crippen LogP contribution in [0.2, 0.25) is 5.15 Å². The number of rotatable bonds is 5. The van der Waals surface area contributed by atoms with Gasteiger partial charge in [0.05, 0.1) is 17.5 Å². The van der Waals surface area contributed by atoms with Crippen LogP contribution in [0.1, 0.15) is 37.6 Å². The second-order valence-corrected chi connectivity index (χ2v) is 7.51. The maximum absolute atomic E-state index is 12.9. The molecular formula is C19H22ClN5O2. The molecule has 1 aromatic heterocycles. The number of aromatic nitrogens is 2. The van der Waals surface area contributed by atoms with Crippen LogP contribution < -0.4 is 5.32 Å². The molecule has 0 spiro atoms. The Morgan fingerprint density at radius 3 is 2.59 bits per heavy atom. The number of urea groups is 1. The van der Waals surface area contributed by atoms with Crippen molar-refractivity contribution in [3.63, 3.8) is 0 Å². The van der Waals surface area contributed by atoms with Gasteiger partial charge in [-0.3, -0.25) is 9.48 Å². The molecule has 0 bridgehead atoms. The molecule has 27 heavy (non-hydrogen) atoms. The van der Waals surface area contributed by atoms with E-state index in [-0.39, 0.29) is 0 Å². The minimum atomic E-state index is -1.16. The van der Waals surface area contributed by atoms with Crippen LogP contribution in [0.25, 0.3) is 0 Å². The Labute approximate surface area is 163 Å². The van der Waals surface area contributed by atoms with Gasteiger partial charge in [-0.05, 0) is 25.3 Å². The summed E-state index contributed by atoms with van der Waals surface area (Å²) in [5.74, 6) is -0.0672. The Morgan fingerprint density at radius 1 is 1.30 bits per heavy atom. The summed E-state index contributed by atoms with van der Waals surface area (Å²) in [6, 6.07) is 8.50. The molecule has 3 rings (SSSR count). The molecular weight excluding hydrogens is 366 g/mol. The summed E-state index contributed by atoms with van der Waals surface area (Å²) in [5.41, 5.74) is 0.810. The summed E-state index contributed by atoms with van der Waals surface area (Å²) >= 11 is 6.39. The zero-order valence-electron chi connectivity index (χ0n) is 15.7. The SMILES string of the molecule is Cc1nn(CC(C)C)c(Cl)c1/C=N\N1C(=O)N[C@](C)(c2ccccc2)C1=O. The van der Waals surface area contributed by atoms with Crippen LogP contribution in [0.5, 0.6) is 0 Å². The highest BCUT2D eigenvalue weighted by atomic mass is 35.5. The fourth-order valence-electron chi connectivity index (χ4n) is 2.99. The van der Waals surface area contributed by atoms with Crippen LogP contribution >= 0.6 is 11.6 Å². The Hall–Kier alpha value is -2.67. The molecule has 1 aliphatic heterocycles. The smallest absolute Gasteiger partial charge is 0.318 e. The summed E-state index contributed by atoms with van der Waals surface area (Å²) in [7, 11) is 0. The number of amides is 3. The van der Waals surface area contributed by atoms with Crippen LogP contribution in [0.4, 0.5) is 4.79 Å². The minimum absolute atomic E-state index is 0.379. The predicted molar refractivity (Wildman–Crippen MR) is 104 cm³/mol. The summed E-state index contributed by atoms with van der Waals surface area (Å²) in [4.78, 5) is 25.2. The average molecular weight is 388 g/mol. The van der Waals surface area contributed by atoms with Gasteiger partial charge < -0.3 is 5.32 Å². The van der Waals surface area contributed by atoms with Gasteiger partial charge >= 0.3 is 6.03 Å². The lowest BCUT2D eigenvalue weighted by atomic mass is 9.92. The monoisotopic (exact) mass is 387 g/mol. The molecule has 0 aliphatic carbocycles. The predicted octanol–water partition coefficient (Wildman–Crippen LogP) is 3.30. The lowest BCUT2D eigenvalue weighted by Crippen LogP contribution is -2.40. The lowest BCUT2D eigenvalue weighted by Gasteiger charge is -2.20. The van der Waals surface area contributed by atoms with Crippen molar-refractivity contribution < 1.29 is 9.59 Å². The van der Waals surface area contributed by atoms with E-state index in [0.29, 0.717) is 34.4 Å². The molecule has 0 unspecified atom stereocenters. The van der Waals surface area contributed by atoms with E-state index in [1.165, 1.54) is 6.21 Å². The topological polar surface area (TPSA) is 79.6 Å². The molecule has 7 nitrogen and oxygen atoms in total. The van der Waals surface area contributed by atoms with E-state index >= 15 is 0 Å². The van der Waals surface area contributed by atoms with Gasteiger partial charge in [0.2, 0.25) is 0 Å². The van der Waals surface area contributed by atoms with Crippen molar-refractivity contribution >= 4 is 29.8 Å². The average Bonchev–Trinajstić information content (AvgIpc) is 3.00. The van der Waals surface area contributed by atoms with Crippen molar-refractivity contribution in [3.05, 3.63) is 52.3 Å². The third-order valence-corrected chi connectivity index (χ3v) is 4.87. The van der Waals surface area contributed by atoms with Crippen molar-refractivity contribution in [3.8, 4) is 0 Å². The van der Waals surface area contributed by atoms with E-state index in [0.717, 1.165) is 5.01 Å². The molecule has 0 radical (unpaired) electrons. The van der Waals surface area contributed by atoms with Gasteiger partial charge in [0.1, 0.15) is 10.7 Å². The number of nitrogens with zero attached hydrogens (tertiary/aromatic N) is 4. The molecule has 2 heterocycles. The zero-order chi connectivity index (χ0) is 19.8. The fraction of sp³-hybridized carbons (Fsp3) is 0.368. The largest absolute Gasteiger partial charge is 0.346 e. The van der Waals surface area contributed by atoms with E-state index in [2.05, 4.69) is 29.4 Å². The normalized spacial score (nSPS) is 20.1.